The van der Waals surface area contributed by atoms with Crippen LogP contribution in [-0.4, -0.2) is 17.0 Å². The SMILES string of the molecule is CNc1ncc(C)c(-c2cc(F)cc(F)c2)n1. The Morgan fingerprint density at radius 2 is 1.76 bits per heavy atom. The number of aryl methyl sites for hydroxylation is 1. The Bertz CT molecular complexity index is 535. The van der Waals surface area contributed by atoms with Crippen LogP contribution in [0.15, 0.2) is 24.4 Å². The lowest BCUT2D eigenvalue weighted by Crippen LogP contribution is -1.99. The van der Waals surface area contributed by atoms with Gasteiger partial charge in [0.05, 0.1) is 5.69 Å². The van der Waals surface area contributed by atoms with Crippen LogP contribution in [0.1, 0.15) is 5.56 Å². The standard InChI is InChI=1S/C12H11F2N3/c1-7-6-16-12(15-2)17-11(7)8-3-9(13)5-10(14)4-8/h3-6H,1-2H3,(H,15,16,17). The zero-order valence-electron chi connectivity index (χ0n) is 9.46. The molecule has 2 rings (SSSR count). The van der Waals surface area contributed by atoms with Crippen molar-refractivity contribution in [1.29, 1.82) is 0 Å². The van der Waals surface area contributed by atoms with Crippen LogP contribution in [0.25, 0.3) is 11.3 Å². The number of rotatable bonds is 2. The molecule has 1 aromatic carbocycles. The molecule has 5 heteroatoms. The van der Waals surface area contributed by atoms with Crippen LogP contribution in [0.4, 0.5) is 14.7 Å². The smallest absolute Gasteiger partial charge is 0.222 e. The average molecular weight is 235 g/mol. The van der Waals surface area contributed by atoms with Crippen LogP contribution in [0.3, 0.4) is 0 Å². The minimum atomic E-state index is -0.621. The summed E-state index contributed by atoms with van der Waals surface area (Å²) in [5.74, 6) is -0.830. The lowest BCUT2D eigenvalue weighted by atomic mass is 10.1. The van der Waals surface area contributed by atoms with E-state index in [9.17, 15) is 8.78 Å². The molecule has 0 unspecified atom stereocenters. The summed E-state index contributed by atoms with van der Waals surface area (Å²) in [6, 6.07) is 3.33. The van der Waals surface area contributed by atoms with Crippen LogP contribution < -0.4 is 5.32 Å². The minimum absolute atomic E-state index is 0.402. The Morgan fingerprint density at radius 1 is 1.12 bits per heavy atom. The molecule has 0 saturated heterocycles. The number of halogens is 2. The normalized spacial score (nSPS) is 10.4. The van der Waals surface area contributed by atoms with Gasteiger partial charge in [-0.05, 0) is 24.6 Å². The minimum Gasteiger partial charge on any atom is -0.357 e. The molecule has 0 fully saturated rings. The molecule has 0 atom stereocenters. The molecule has 0 radical (unpaired) electrons. The third-order valence-electron chi connectivity index (χ3n) is 2.33. The lowest BCUT2D eigenvalue weighted by Gasteiger charge is -2.07. The summed E-state index contributed by atoms with van der Waals surface area (Å²) < 4.78 is 26.3. The maximum atomic E-state index is 13.1. The topological polar surface area (TPSA) is 37.8 Å². The first-order valence-corrected chi connectivity index (χ1v) is 5.08. The van der Waals surface area contributed by atoms with E-state index < -0.39 is 11.6 Å². The van der Waals surface area contributed by atoms with E-state index in [0.717, 1.165) is 11.6 Å². The van der Waals surface area contributed by atoms with E-state index in [0.29, 0.717) is 17.2 Å². The highest BCUT2D eigenvalue weighted by Gasteiger charge is 2.08. The second-order valence-electron chi connectivity index (χ2n) is 3.63. The van der Waals surface area contributed by atoms with Gasteiger partial charge in [-0.25, -0.2) is 18.7 Å². The Kier molecular flexibility index (Phi) is 2.99. The van der Waals surface area contributed by atoms with Gasteiger partial charge < -0.3 is 5.32 Å². The molecule has 0 aliphatic rings. The molecule has 1 N–H and O–H groups in total. The summed E-state index contributed by atoms with van der Waals surface area (Å²) in [4.78, 5) is 8.21. The number of nitrogens with zero attached hydrogens (tertiary/aromatic N) is 2. The molecule has 1 aromatic heterocycles. The van der Waals surface area contributed by atoms with Crippen molar-refractivity contribution >= 4 is 5.95 Å². The fourth-order valence-electron chi connectivity index (χ4n) is 1.55. The first kappa shape index (κ1) is 11.4. The van der Waals surface area contributed by atoms with Gasteiger partial charge in [-0.15, -0.1) is 0 Å². The zero-order valence-corrected chi connectivity index (χ0v) is 9.46. The molecular weight excluding hydrogens is 224 g/mol. The van der Waals surface area contributed by atoms with E-state index in [1.165, 1.54) is 12.1 Å². The molecule has 1 heterocycles. The van der Waals surface area contributed by atoms with Gasteiger partial charge in [0.1, 0.15) is 11.6 Å². The van der Waals surface area contributed by atoms with Crippen LogP contribution in [0.5, 0.6) is 0 Å². The highest BCUT2D eigenvalue weighted by Crippen LogP contribution is 2.23. The summed E-state index contributed by atoms with van der Waals surface area (Å²) in [7, 11) is 1.68. The van der Waals surface area contributed by atoms with Crippen LogP contribution in [0, 0.1) is 18.6 Å². The predicted octanol–water partition coefficient (Wildman–Crippen LogP) is 2.77. The fraction of sp³-hybridized carbons (Fsp3) is 0.167. The molecule has 0 amide bonds. The van der Waals surface area contributed by atoms with E-state index >= 15 is 0 Å². The lowest BCUT2D eigenvalue weighted by molar-refractivity contribution is 0.584. The Balaban J connectivity index is 2.58. The van der Waals surface area contributed by atoms with Crippen molar-refractivity contribution in [1.82, 2.24) is 9.97 Å². The van der Waals surface area contributed by atoms with Gasteiger partial charge >= 0.3 is 0 Å². The van der Waals surface area contributed by atoms with E-state index in [-0.39, 0.29) is 0 Å². The first-order chi connectivity index (χ1) is 8.10. The van der Waals surface area contributed by atoms with E-state index in [1.54, 1.807) is 20.2 Å². The summed E-state index contributed by atoms with van der Waals surface area (Å²) in [6.45, 7) is 1.79. The Morgan fingerprint density at radius 3 is 2.35 bits per heavy atom. The van der Waals surface area contributed by atoms with Crippen LogP contribution in [-0.2, 0) is 0 Å². The molecule has 0 aliphatic carbocycles. The van der Waals surface area contributed by atoms with Crippen molar-refractivity contribution in [2.75, 3.05) is 12.4 Å². The second-order valence-corrected chi connectivity index (χ2v) is 3.63. The van der Waals surface area contributed by atoms with Crippen molar-refractivity contribution in [3.63, 3.8) is 0 Å². The zero-order chi connectivity index (χ0) is 12.4. The van der Waals surface area contributed by atoms with E-state index in [4.69, 9.17) is 0 Å². The molecule has 88 valence electrons. The molecule has 0 saturated carbocycles. The highest BCUT2D eigenvalue weighted by atomic mass is 19.1. The van der Waals surface area contributed by atoms with E-state index in [2.05, 4.69) is 15.3 Å². The van der Waals surface area contributed by atoms with Gasteiger partial charge in [0.2, 0.25) is 5.95 Å². The molecular formula is C12H11F2N3. The second kappa shape index (κ2) is 4.45. The molecule has 0 aliphatic heterocycles. The summed E-state index contributed by atoms with van der Waals surface area (Å²) in [5, 5.41) is 2.78. The van der Waals surface area contributed by atoms with Crippen molar-refractivity contribution in [2.45, 2.75) is 6.92 Å². The number of hydrogen-bond donors (Lipinski definition) is 1. The fourth-order valence-corrected chi connectivity index (χ4v) is 1.55. The van der Waals surface area contributed by atoms with Crippen molar-refractivity contribution in [3.05, 3.63) is 41.6 Å². The van der Waals surface area contributed by atoms with Gasteiger partial charge in [0.25, 0.3) is 0 Å². The summed E-state index contributed by atoms with van der Waals surface area (Å²) in [6.07, 6.45) is 1.61. The highest BCUT2D eigenvalue weighted by molar-refractivity contribution is 5.63. The van der Waals surface area contributed by atoms with Crippen LogP contribution in [0.2, 0.25) is 0 Å². The first-order valence-electron chi connectivity index (χ1n) is 5.08. The maximum absolute atomic E-state index is 13.1. The Hall–Kier alpha value is -2.04. The van der Waals surface area contributed by atoms with Crippen molar-refractivity contribution in [3.8, 4) is 11.3 Å². The Labute approximate surface area is 97.5 Å². The largest absolute Gasteiger partial charge is 0.357 e. The van der Waals surface area contributed by atoms with Gasteiger partial charge in [-0.3, -0.25) is 0 Å². The van der Waals surface area contributed by atoms with Gasteiger partial charge in [-0.1, -0.05) is 0 Å². The number of aromatic nitrogens is 2. The average Bonchev–Trinajstić information content (AvgIpc) is 2.28. The van der Waals surface area contributed by atoms with Crippen molar-refractivity contribution in [2.24, 2.45) is 0 Å². The number of hydrogen-bond acceptors (Lipinski definition) is 3. The van der Waals surface area contributed by atoms with Crippen LogP contribution >= 0.6 is 0 Å². The third kappa shape index (κ3) is 2.38. The number of anilines is 1. The number of benzene rings is 1. The van der Waals surface area contributed by atoms with Gasteiger partial charge in [0, 0.05) is 24.9 Å². The molecule has 0 spiro atoms. The quantitative estimate of drug-likeness (QED) is 0.869. The number of nitrogens with one attached hydrogen (secondary N) is 1. The molecule has 2 aromatic rings. The van der Waals surface area contributed by atoms with Crippen molar-refractivity contribution < 1.29 is 8.78 Å². The summed E-state index contributed by atoms with van der Waals surface area (Å²) >= 11 is 0. The molecule has 17 heavy (non-hydrogen) atoms. The van der Waals surface area contributed by atoms with E-state index in [1.807, 2.05) is 0 Å². The summed E-state index contributed by atoms with van der Waals surface area (Å²) in [5.41, 5.74) is 1.68. The third-order valence-corrected chi connectivity index (χ3v) is 2.33. The van der Waals surface area contributed by atoms with Gasteiger partial charge in [-0.2, -0.15) is 0 Å². The predicted molar refractivity (Wildman–Crippen MR) is 61.7 cm³/mol. The van der Waals surface area contributed by atoms with Gasteiger partial charge in [0.15, 0.2) is 0 Å². The monoisotopic (exact) mass is 235 g/mol. The molecule has 0 bridgehead atoms. The molecule has 3 nitrogen and oxygen atoms in total. The maximum Gasteiger partial charge on any atom is 0.222 e.